The van der Waals surface area contributed by atoms with Crippen molar-refractivity contribution in [2.75, 3.05) is 7.11 Å². The lowest BCUT2D eigenvalue weighted by atomic mass is 9.79. The highest BCUT2D eigenvalue weighted by atomic mass is 79.9. The van der Waals surface area contributed by atoms with E-state index in [2.05, 4.69) is 15.9 Å². The van der Waals surface area contributed by atoms with E-state index in [1.165, 1.54) is 6.07 Å². The van der Waals surface area contributed by atoms with E-state index in [1.54, 1.807) is 19.2 Å². The summed E-state index contributed by atoms with van der Waals surface area (Å²) in [5.41, 5.74) is -0.715. The van der Waals surface area contributed by atoms with E-state index in [4.69, 9.17) is 4.74 Å². The zero-order chi connectivity index (χ0) is 13.2. The van der Waals surface area contributed by atoms with Crippen molar-refractivity contribution in [2.45, 2.75) is 37.7 Å². The molecule has 1 aliphatic carbocycles. The van der Waals surface area contributed by atoms with Gasteiger partial charge in [-0.25, -0.2) is 4.39 Å². The number of carbonyl (C=O) groups is 1. The van der Waals surface area contributed by atoms with E-state index < -0.39 is 11.4 Å². The highest BCUT2D eigenvalue weighted by molar-refractivity contribution is 9.10. The molecule has 4 heteroatoms. The molecule has 0 atom stereocenters. The van der Waals surface area contributed by atoms with Crippen LogP contribution in [0.4, 0.5) is 4.39 Å². The van der Waals surface area contributed by atoms with Gasteiger partial charge in [0.1, 0.15) is 11.4 Å². The fourth-order valence-electron chi connectivity index (χ4n) is 2.57. The molecule has 18 heavy (non-hydrogen) atoms. The van der Waals surface area contributed by atoms with Crippen LogP contribution in [0.5, 0.6) is 0 Å². The Hall–Kier alpha value is -0.740. The summed E-state index contributed by atoms with van der Waals surface area (Å²) in [4.78, 5) is 12.5. The molecule has 0 N–H and O–H groups in total. The number of hydrogen-bond donors (Lipinski definition) is 0. The number of halogens is 2. The second-order valence-corrected chi connectivity index (χ2v) is 5.54. The van der Waals surface area contributed by atoms with Crippen LogP contribution in [-0.4, -0.2) is 18.5 Å². The van der Waals surface area contributed by atoms with Gasteiger partial charge in [-0.3, -0.25) is 4.79 Å². The van der Waals surface area contributed by atoms with Gasteiger partial charge in [-0.1, -0.05) is 25.3 Å². The van der Waals surface area contributed by atoms with Crippen LogP contribution in [0.25, 0.3) is 0 Å². The SMILES string of the molecule is COC1(C(=O)c2cccc(Br)c2F)CCCCC1. The molecule has 0 amide bonds. The van der Waals surface area contributed by atoms with Gasteiger partial charge < -0.3 is 4.74 Å². The van der Waals surface area contributed by atoms with Gasteiger partial charge in [0, 0.05) is 7.11 Å². The van der Waals surface area contributed by atoms with E-state index in [9.17, 15) is 9.18 Å². The molecule has 0 radical (unpaired) electrons. The van der Waals surface area contributed by atoms with E-state index in [1.807, 2.05) is 0 Å². The third kappa shape index (κ3) is 2.36. The zero-order valence-corrected chi connectivity index (χ0v) is 11.9. The molecule has 1 saturated carbocycles. The van der Waals surface area contributed by atoms with Gasteiger partial charge in [0.2, 0.25) is 0 Å². The average Bonchev–Trinajstić information content (AvgIpc) is 2.42. The van der Waals surface area contributed by atoms with Crippen LogP contribution in [0.15, 0.2) is 22.7 Å². The number of benzene rings is 1. The highest BCUT2D eigenvalue weighted by Gasteiger charge is 2.41. The first-order valence-corrected chi connectivity index (χ1v) is 6.94. The first-order chi connectivity index (χ1) is 8.60. The van der Waals surface area contributed by atoms with Crippen molar-refractivity contribution in [3.8, 4) is 0 Å². The monoisotopic (exact) mass is 314 g/mol. The number of ether oxygens (including phenoxy) is 1. The van der Waals surface area contributed by atoms with Gasteiger partial charge in [0.05, 0.1) is 10.0 Å². The lowest BCUT2D eigenvalue weighted by molar-refractivity contribution is -0.0197. The topological polar surface area (TPSA) is 26.3 Å². The predicted molar refractivity (Wildman–Crippen MR) is 71.3 cm³/mol. The van der Waals surface area contributed by atoms with Gasteiger partial charge in [0.15, 0.2) is 5.78 Å². The smallest absolute Gasteiger partial charge is 0.197 e. The summed E-state index contributed by atoms with van der Waals surface area (Å²) in [6, 6.07) is 4.79. The summed E-state index contributed by atoms with van der Waals surface area (Å²) in [6.45, 7) is 0. The Balaban J connectivity index is 2.37. The molecule has 0 aliphatic heterocycles. The first kappa shape index (κ1) is 13.7. The average molecular weight is 315 g/mol. The molecule has 0 saturated heterocycles. The minimum absolute atomic E-state index is 0.119. The minimum atomic E-state index is -0.833. The Labute approximate surface area is 115 Å². The Morgan fingerprint density at radius 3 is 2.61 bits per heavy atom. The first-order valence-electron chi connectivity index (χ1n) is 6.15. The van der Waals surface area contributed by atoms with Crippen molar-refractivity contribution in [1.29, 1.82) is 0 Å². The Kier molecular flexibility index (Phi) is 4.17. The van der Waals surface area contributed by atoms with Crippen LogP contribution in [0.1, 0.15) is 42.5 Å². The van der Waals surface area contributed by atoms with Crippen LogP contribution < -0.4 is 0 Å². The maximum atomic E-state index is 14.0. The van der Waals surface area contributed by atoms with Crippen LogP contribution in [0.2, 0.25) is 0 Å². The second kappa shape index (κ2) is 5.49. The second-order valence-electron chi connectivity index (χ2n) is 4.69. The zero-order valence-electron chi connectivity index (χ0n) is 10.3. The Bertz CT molecular complexity index is 453. The van der Waals surface area contributed by atoms with Crippen LogP contribution in [0, 0.1) is 5.82 Å². The summed E-state index contributed by atoms with van der Waals surface area (Å²) in [7, 11) is 1.54. The third-order valence-electron chi connectivity index (χ3n) is 3.66. The van der Waals surface area contributed by atoms with Gasteiger partial charge >= 0.3 is 0 Å². The summed E-state index contributed by atoms with van der Waals surface area (Å²) in [6.07, 6.45) is 4.37. The molecule has 2 rings (SSSR count). The molecule has 0 spiro atoms. The summed E-state index contributed by atoms with van der Waals surface area (Å²) in [5.74, 6) is -0.729. The summed E-state index contributed by atoms with van der Waals surface area (Å²) in [5, 5.41) is 0. The number of ketones is 1. The molecule has 1 aliphatic rings. The van der Waals surface area contributed by atoms with Crippen LogP contribution in [-0.2, 0) is 4.74 Å². The fraction of sp³-hybridized carbons (Fsp3) is 0.500. The van der Waals surface area contributed by atoms with Crippen LogP contribution >= 0.6 is 15.9 Å². The number of methoxy groups -OCH3 is 1. The maximum absolute atomic E-state index is 14.0. The van der Waals surface area contributed by atoms with Crippen LogP contribution in [0.3, 0.4) is 0 Å². The van der Waals surface area contributed by atoms with Gasteiger partial charge in [0.25, 0.3) is 0 Å². The van der Waals surface area contributed by atoms with Crippen molar-refractivity contribution in [1.82, 2.24) is 0 Å². The highest BCUT2D eigenvalue weighted by Crippen LogP contribution is 2.35. The van der Waals surface area contributed by atoms with Crippen molar-refractivity contribution < 1.29 is 13.9 Å². The van der Waals surface area contributed by atoms with E-state index in [-0.39, 0.29) is 11.3 Å². The quantitative estimate of drug-likeness (QED) is 0.784. The molecular weight excluding hydrogens is 299 g/mol. The molecule has 1 fully saturated rings. The van der Waals surface area contributed by atoms with E-state index in [0.29, 0.717) is 17.3 Å². The molecule has 1 aromatic rings. The van der Waals surface area contributed by atoms with Crippen molar-refractivity contribution in [3.63, 3.8) is 0 Å². The molecule has 1 aromatic carbocycles. The van der Waals surface area contributed by atoms with Gasteiger partial charge in [-0.05, 0) is 40.9 Å². The number of rotatable bonds is 3. The van der Waals surface area contributed by atoms with Crippen molar-refractivity contribution >= 4 is 21.7 Å². The fourth-order valence-corrected chi connectivity index (χ4v) is 2.94. The normalized spacial score (nSPS) is 18.6. The number of carbonyl (C=O) groups excluding carboxylic acids is 1. The maximum Gasteiger partial charge on any atom is 0.197 e. The molecular formula is C14H16BrFO2. The van der Waals surface area contributed by atoms with Gasteiger partial charge in [-0.2, -0.15) is 0 Å². The lowest BCUT2D eigenvalue weighted by Gasteiger charge is -2.34. The molecule has 98 valence electrons. The van der Waals surface area contributed by atoms with Crippen molar-refractivity contribution in [2.24, 2.45) is 0 Å². The van der Waals surface area contributed by atoms with E-state index >= 15 is 0 Å². The number of Topliss-reactive ketones (excluding diaryl/α,β-unsaturated/α-hetero) is 1. The third-order valence-corrected chi connectivity index (χ3v) is 4.27. The molecule has 0 bridgehead atoms. The predicted octanol–water partition coefficient (Wildman–Crippen LogP) is 4.12. The van der Waals surface area contributed by atoms with E-state index in [0.717, 1.165) is 19.3 Å². The lowest BCUT2D eigenvalue weighted by Crippen LogP contribution is -2.43. The minimum Gasteiger partial charge on any atom is -0.370 e. The molecule has 0 aromatic heterocycles. The Morgan fingerprint density at radius 1 is 1.33 bits per heavy atom. The molecule has 0 heterocycles. The Morgan fingerprint density at radius 2 is 2.00 bits per heavy atom. The summed E-state index contributed by atoms with van der Waals surface area (Å²) < 4.78 is 19.8. The van der Waals surface area contributed by atoms with Gasteiger partial charge in [-0.15, -0.1) is 0 Å². The molecule has 0 unspecified atom stereocenters. The van der Waals surface area contributed by atoms with Crippen molar-refractivity contribution in [3.05, 3.63) is 34.1 Å². The summed E-state index contributed by atoms with van der Waals surface area (Å²) >= 11 is 3.11. The standard InChI is InChI=1S/C14H16BrFO2/c1-18-14(8-3-2-4-9-14)13(17)10-6-5-7-11(15)12(10)16/h5-7H,2-4,8-9H2,1H3. The molecule has 2 nitrogen and oxygen atoms in total. The largest absolute Gasteiger partial charge is 0.370 e. The number of hydrogen-bond acceptors (Lipinski definition) is 2.